The molecule has 2 aromatic carbocycles. The summed E-state index contributed by atoms with van der Waals surface area (Å²) in [5.74, 6) is -1.32. The third kappa shape index (κ3) is 2.39. The van der Waals surface area contributed by atoms with Crippen LogP contribution in [0.5, 0.6) is 0 Å². The van der Waals surface area contributed by atoms with Crippen LogP contribution >= 0.6 is 27.3 Å². The van der Waals surface area contributed by atoms with Crippen LogP contribution in [0.3, 0.4) is 0 Å². The van der Waals surface area contributed by atoms with Crippen molar-refractivity contribution < 1.29 is 13.6 Å². The molecule has 0 bridgehead atoms. The number of benzene rings is 2. The van der Waals surface area contributed by atoms with Crippen molar-refractivity contribution in [3.8, 4) is 0 Å². The van der Waals surface area contributed by atoms with E-state index in [9.17, 15) is 13.6 Å². The molecule has 0 atom stereocenters. The third-order valence-electron chi connectivity index (χ3n) is 2.88. The van der Waals surface area contributed by atoms with E-state index in [2.05, 4.69) is 15.9 Å². The van der Waals surface area contributed by atoms with Gasteiger partial charge in [0, 0.05) is 9.17 Å². The molecule has 0 amide bonds. The largest absolute Gasteiger partial charge is 0.288 e. The van der Waals surface area contributed by atoms with Gasteiger partial charge >= 0.3 is 0 Å². The minimum atomic E-state index is -0.568. The lowest BCUT2D eigenvalue weighted by atomic mass is 10.1. The monoisotopic (exact) mass is 352 g/mol. The van der Waals surface area contributed by atoms with E-state index in [0.29, 0.717) is 14.7 Å². The highest BCUT2D eigenvalue weighted by Gasteiger charge is 2.17. The summed E-state index contributed by atoms with van der Waals surface area (Å²) in [7, 11) is 0. The summed E-state index contributed by atoms with van der Waals surface area (Å²) in [6.45, 7) is 0. The van der Waals surface area contributed by atoms with Crippen molar-refractivity contribution in [3.63, 3.8) is 0 Å². The SMILES string of the molecule is O=C(c1cc2cc(F)ccc2s1)c1cc(Br)ccc1F. The van der Waals surface area contributed by atoms with Gasteiger partial charge in [0.2, 0.25) is 5.78 Å². The van der Waals surface area contributed by atoms with E-state index in [4.69, 9.17) is 0 Å². The summed E-state index contributed by atoms with van der Waals surface area (Å²) in [5.41, 5.74) is 0.00593. The fourth-order valence-corrected chi connectivity index (χ4v) is 3.29. The van der Waals surface area contributed by atoms with Crippen LogP contribution in [-0.2, 0) is 0 Å². The van der Waals surface area contributed by atoms with Crippen LogP contribution in [0.4, 0.5) is 8.78 Å². The van der Waals surface area contributed by atoms with Crippen molar-refractivity contribution in [2.24, 2.45) is 0 Å². The van der Waals surface area contributed by atoms with Crippen molar-refractivity contribution in [3.05, 3.63) is 69.0 Å². The zero-order valence-corrected chi connectivity index (χ0v) is 12.4. The molecule has 0 aliphatic heterocycles. The van der Waals surface area contributed by atoms with E-state index >= 15 is 0 Å². The molecule has 0 aliphatic rings. The van der Waals surface area contributed by atoms with Gasteiger partial charge in [0.1, 0.15) is 11.6 Å². The first-order valence-corrected chi connectivity index (χ1v) is 7.34. The fraction of sp³-hybridized carbons (Fsp3) is 0. The standard InChI is InChI=1S/C15H7BrF2OS/c16-9-1-3-12(18)11(7-9)15(19)14-6-8-5-10(17)2-4-13(8)20-14/h1-7H. The van der Waals surface area contributed by atoms with E-state index < -0.39 is 11.6 Å². The summed E-state index contributed by atoms with van der Waals surface area (Å²) in [4.78, 5) is 12.7. The molecule has 3 aromatic rings. The second kappa shape index (κ2) is 5.07. The van der Waals surface area contributed by atoms with Gasteiger partial charge in [-0.3, -0.25) is 4.79 Å². The van der Waals surface area contributed by atoms with E-state index in [1.54, 1.807) is 12.1 Å². The summed E-state index contributed by atoms with van der Waals surface area (Å²) in [5, 5.41) is 0.647. The van der Waals surface area contributed by atoms with Crippen molar-refractivity contribution in [2.45, 2.75) is 0 Å². The van der Waals surface area contributed by atoms with Crippen LogP contribution < -0.4 is 0 Å². The molecule has 0 radical (unpaired) electrons. The Hall–Kier alpha value is -1.59. The van der Waals surface area contributed by atoms with Gasteiger partial charge in [-0.05, 0) is 47.9 Å². The zero-order valence-electron chi connectivity index (χ0n) is 9.99. The Bertz CT molecular complexity index is 826. The molecule has 1 nitrogen and oxygen atoms in total. The average Bonchev–Trinajstić information content (AvgIpc) is 2.83. The lowest BCUT2D eigenvalue weighted by Gasteiger charge is -2.00. The quantitative estimate of drug-likeness (QED) is 0.581. The first-order valence-electron chi connectivity index (χ1n) is 5.73. The van der Waals surface area contributed by atoms with Crippen molar-refractivity contribution in [2.75, 3.05) is 0 Å². The van der Waals surface area contributed by atoms with Gasteiger partial charge in [0.05, 0.1) is 10.4 Å². The highest BCUT2D eigenvalue weighted by atomic mass is 79.9. The molecular weight excluding hydrogens is 346 g/mol. The van der Waals surface area contributed by atoms with Gasteiger partial charge in [-0.2, -0.15) is 0 Å². The minimum absolute atomic E-state index is 0.00593. The molecule has 5 heteroatoms. The van der Waals surface area contributed by atoms with Gasteiger partial charge in [0.25, 0.3) is 0 Å². The molecule has 20 heavy (non-hydrogen) atoms. The number of fused-ring (bicyclic) bond motifs is 1. The average molecular weight is 353 g/mol. The third-order valence-corrected chi connectivity index (χ3v) is 4.48. The smallest absolute Gasteiger partial charge is 0.205 e. The number of ketones is 1. The zero-order chi connectivity index (χ0) is 14.3. The number of hydrogen-bond donors (Lipinski definition) is 0. The predicted molar refractivity (Wildman–Crippen MR) is 79.3 cm³/mol. The molecule has 0 spiro atoms. The maximum Gasteiger partial charge on any atom is 0.205 e. The molecule has 100 valence electrons. The molecule has 0 saturated heterocycles. The Balaban J connectivity index is 2.10. The molecule has 0 unspecified atom stereocenters. The number of thiophene rings is 1. The number of carbonyl (C=O) groups excluding carboxylic acids is 1. The highest BCUT2D eigenvalue weighted by molar-refractivity contribution is 9.10. The Kier molecular flexibility index (Phi) is 3.40. The number of rotatable bonds is 2. The molecular formula is C15H7BrF2OS. The topological polar surface area (TPSA) is 17.1 Å². The van der Waals surface area contributed by atoms with E-state index in [0.717, 1.165) is 4.70 Å². The molecule has 0 aliphatic carbocycles. The Morgan fingerprint density at radius 1 is 1.05 bits per heavy atom. The maximum absolute atomic E-state index is 13.7. The van der Waals surface area contributed by atoms with Crippen molar-refractivity contribution >= 4 is 43.1 Å². The molecule has 0 fully saturated rings. The lowest BCUT2D eigenvalue weighted by molar-refractivity contribution is 0.103. The van der Waals surface area contributed by atoms with Crippen molar-refractivity contribution in [1.82, 2.24) is 0 Å². The molecule has 0 N–H and O–H groups in total. The summed E-state index contributed by atoms with van der Waals surface area (Å²) < 4.78 is 28.3. The highest BCUT2D eigenvalue weighted by Crippen LogP contribution is 2.29. The summed E-state index contributed by atoms with van der Waals surface area (Å²) in [6, 6.07) is 10.1. The normalized spacial score (nSPS) is 10.9. The Morgan fingerprint density at radius 3 is 2.65 bits per heavy atom. The molecule has 1 heterocycles. The van der Waals surface area contributed by atoms with Gasteiger partial charge < -0.3 is 0 Å². The number of hydrogen-bond acceptors (Lipinski definition) is 2. The molecule has 1 aromatic heterocycles. The molecule has 3 rings (SSSR count). The number of halogens is 3. The summed E-state index contributed by atoms with van der Waals surface area (Å²) >= 11 is 4.44. The van der Waals surface area contributed by atoms with Gasteiger partial charge in [-0.25, -0.2) is 8.78 Å². The Morgan fingerprint density at radius 2 is 1.85 bits per heavy atom. The molecule has 0 saturated carbocycles. The second-order valence-corrected chi connectivity index (χ2v) is 6.25. The first kappa shape index (κ1) is 13.4. The van der Waals surface area contributed by atoms with Crippen molar-refractivity contribution in [1.29, 1.82) is 0 Å². The van der Waals surface area contributed by atoms with E-state index in [-0.39, 0.29) is 11.4 Å². The van der Waals surface area contributed by atoms with Gasteiger partial charge in [-0.15, -0.1) is 11.3 Å². The Labute approximate surface area is 126 Å². The van der Waals surface area contributed by atoms with Crippen LogP contribution in [-0.4, -0.2) is 5.78 Å². The van der Waals surface area contributed by atoms with Crippen LogP contribution in [0.2, 0.25) is 0 Å². The van der Waals surface area contributed by atoms with Gasteiger partial charge in [-0.1, -0.05) is 15.9 Å². The van der Waals surface area contributed by atoms with Crippen LogP contribution in [0.25, 0.3) is 10.1 Å². The van der Waals surface area contributed by atoms with E-state index in [1.165, 1.54) is 41.7 Å². The number of carbonyl (C=O) groups is 1. The first-order chi connectivity index (χ1) is 9.54. The fourth-order valence-electron chi connectivity index (χ4n) is 1.93. The van der Waals surface area contributed by atoms with Crippen LogP contribution in [0.15, 0.2) is 46.9 Å². The maximum atomic E-state index is 13.7. The second-order valence-electron chi connectivity index (χ2n) is 4.25. The lowest BCUT2D eigenvalue weighted by Crippen LogP contribution is -2.01. The predicted octanol–water partition coefficient (Wildman–Crippen LogP) is 5.17. The van der Waals surface area contributed by atoms with Crippen LogP contribution in [0.1, 0.15) is 15.2 Å². The van der Waals surface area contributed by atoms with Gasteiger partial charge in [0.15, 0.2) is 0 Å². The summed E-state index contributed by atoms with van der Waals surface area (Å²) in [6.07, 6.45) is 0. The minimum Gasteiger partial charge on any atom is -0.288 e. The van der Waals surface area contributed by atoms with Crippen LogP contribution in [0, 0.1) is 11.6 Å². The van der Waals surface area contributed by atoms with E-state index in [1.807, 2.05) is 0 Å².